The summed E-state index contributed by atoms with van der Waals surface area (Å²) in [6.45, 7) is 0.326. The lowest BCUT2D eigenvalue weighted by molar-refractivity contribution is -0.113. The quantitative estimate of drug-likeness (QED) is 0.669. The van der Waals surface area contributed by atoms with E-state index in [0.29, 0.717) is 24.5 Å². The van der Waals surface area contributed by atoms with E-state index in [1.165, 1.54) is 23.9 Å². The van der Waals surface area contributed by atoms with Crippen LogP contribution in [0.2, 0.25) is 0 Å². The van der Waals surface area contributed by atoms with Crippen LogP contribution in [0.1, 0.15) is 15.9 Å². The summed E-state index contributed by atoms with van der Waals surface area (Å²) in [5, 5.41) is 5.33. The van der Waals surface area contributed by atoms with Crippen molar-refractivity contribution in [2.45, 2.75) is 6.42 Å². The van der Waals surface area contributed by atoms with E-state index < -0.39 is 11.7 Å². The summed E-state index contributed by atoms with van der Waals surface area (Å²) in [7, 11) is 3.11. The zero-order chi connectivity index (χ0) is 20.5. The molecule has 2 aromatic rings. The minimum absolute atomic E-state index is 0.136. The fourth-order valence-corrected chi connectivity index (χ4v) is 3.02. The molecular formula is C20H23FN2O4S. The Balaban J connectivity index is 2.02. The van der Waals surface area contributed by atoms with Gasteiger partial charge in [-0.3, -0.25) is 9.59 Å². The largest absolute Gasteiger partial charge is 0.493 e. The van der Waals surface area contributed by atoms with Crippen LogP contribution in [0.3, 0.4) is 0 Å². The molecule has 0 unspecified atom stereocenters. The Bertz CT molecular complexity index is 845. The summed E-state index contributed by atoms with van der Waals surface area (Å²) >= 11 is 1.35. The van der Waals surface area contributed by atoms with Crippen molar-refractivity contribution in [3.63, 3.8) is 0 Å². The summed E-state index contributed by atoms with van der Waals surface area (Å²) in [6.07, 6.45) is 2.31. The van der Waals surface area contributed by atoms with E-state index in [1.807, 2.05) is 12.1 Å². The highest BCUT2D eigenvalue weighted by molar-refractivity contribution is 7.99. The number of carbonyl (C=O) groups excluding carboxylic acids is 2. The maximum absolute atomic E-state index is 13.8. The molecule has 150 valence electrons. The number of nitrogens with one attached hydrogen (secondary N) is 2. The van der Waals surface area contributed by atoms with E-state index in [0.717, 1.165) is 11.6 Å². The van der Waals surface area contributed by atoms with Crippen LogP contribution in [0.25, 0.3) is 0 Å². The number of carbonyl (C=O) groups is 2. The zero-order valence-corrected chi connectivity index (χ0v) is 16.8. The number of halogens is 1. The van der Waals surface area contributed by atoms with E-state index in [-0.39, 0.29) is 22.9 Å². The van der Waals surface area contributed by atoms with Gasteiger partial charge in [-0.15, -0.1) is 0 Å². The Hall–Kier alpha value is -2.74. The van der Waals surface area contributed by atoms with Gasteiger partial charge in [0.2, 0.25) is 5.91 Å². The second-order valence-electron chi connectivity index (χ2n) is 5.87. The van der Waals surface area contributed by atoms with Crippen LogP contribution in [0.4, 0.5) is 10.1 Å². The molecule has 0 aromatic heterocycles. The van der Waals surface area contributed by atoms with Gasteiger partial charge >= 0.3 is 0 Å². The monoisotopic (exact) mass is 406 g/mol. The van der Waals surface area contributed by atoms with Crippen LogP contribution in [-0.4, -0.2) is 44.6 Å². The Morgan fingerprint density at radius 1 is 1.14 bits per heavy atom. The third-order valence-corrected chi connectivity index (χ3v) is 4.43. The highest BCUT2D eigenvalue weighted by atomic mass is 32.2. The van der Waals surface area contributed by atoms with Crippen LogP contribution in [0, 0.1) is 5.82 Å². The summed E-state index contributed by atoms with van der Waals surface area (Å²) < 4.78 is 24.5. The first kappa shape index (κ1) is 21.6. The fraction of sp³-hybridized carbons (Fsp3) is 0.300. The highest BCUT2D eigenvalue weighted by Gasteiger charge is 2.12. The normalized spacial score (nSPS) is 10.3. The third-order valence-electron chi connectivity index (χ3n) is 3.88. The molecule has 0 aliphatic carbocycles. The Labute approximate surface area is 167 Å². The van der Waals surface area contributed by atoms with E-state index in [2.05, 4.69) is 10.6 Å². The second kappa shape index (κ2) is 10.6. The van der Waals surface area contributed by atoms with Crippen LogP contribution in [0.5, 0.6) is 11.5 Å². The molecule has 0 heterocycles. The Kier molecular flexibility index (Phi) is 8.13. The highest BCUT2D eigenvalue weighted by Crippen LogP contribution is 2.30. The molecule has 2 amide bonds. The molecular weight excluding hydrogens is 383 g/mol. The molecule has 0 saturated heterocycles. The molecule has 28 heavy (non-hydrogen) atoms. The minimum Gasteiger partial charge on any atom is -0.493 e. The van der Waals surface area contributed by atoms with Gasteiger partial charge < -0.3 is 20.1 Å². The first-order valence-electron chi connectivity index (χ1n) is 8.56. The van der Waals surface area contributed by atoms with E-state index >= 15 is 0 Å². The van der Waals surface area contributed by atoms with Crippen LogP contribution in [0.15, 0.2) is 36.4 Å². The summed E-state index contributed by atoms with van der Waals surface area (Å²) in [6, 6.07) is 9.27. The number of ether oxygens (including phenoxy) is 2. The van der Waals surface area contributed by atoms with Crippen molar-refractivity contribution in [3.8, 4) is 11.5 Å². The maximum atomic E-state index is 13.8. The van der Waals surface area contributed by atoms with Crippen molar-refractivity contribution < 1.29 is 23.5 Å². The maximum Gasteiger partial charge on any atom is 0.251 e. The van der Waals surface area contributed by atoms with Crippen molar-refractivity contribution in [1.82, 2.24) is 5.32 Å². The van der Waals surface area contributed by atoms with Crippen LogP contribution < -0.4 is 20.1 Å². The number of methoxy groups -OCH3 is 2. The third kappa shape index (κ3) is 5.88. The van der Waals surface area contributed by atoms with Gasteiger partial charge in [0.05, 0.1) is 20.0 Å². The minimum atomic E-state index is -0.596. The van der Waals surface area contributed by atoms with E-state index in [1.54, 1.807) is 26.5 Å². The van der Waals surface area contributed by atoms with Gasteiger partial charge in [-0.05, 0) is 42.5 Å². The molecule has 2 N–H and O–H groups in total. The lowest BCUT2D eigenvalue weighted by Crippen LogP contribution is -2.26. The smallest absolute Gasteiger partial charge is 0.251 e. The molecule has 6 nitrogen and oxygen atoms in total. The van der Waals surface area contributed by atoms with E-state index in [4.69, 9.17) is 9.47 Å². The number of para-hydroxylation sites is 1. The standard InChI is InChI=1S/C20H23FN2O4S/c1-26-17-6-4-5-13(19(17)27-2)7-8-22-20(25)14-9-15(21)11-16(10-14)23-18(24)12-28-3/h4-6,9-11H,7-8,12H2,1-3H3,(H,22,25)(H,23,24). The second-order valence-corrected chi connectivity index (χ2v) is 6.73. The SMILES string of the molecule is COc1cccc(CCNC(=O)c2cc(F)cc(NC(=O)CSC)c2)c1OC. The fourth-order valence-electron chi connectivity index (χ4n) is 2.68. The number of thioether (sulfide) groups is 1. The molecule has 0 fully saturated rings. The van der Waals surface area contributed by atoms with Crippen molar-refractivity contribution in [2.75, 3.05) is 38.1 Å². The molecule has 8 heteroatoms. The van der Waals surface area contributed by atoms with Gasteiger partial charge in [0.15, 0.2) is 11.5 Å². The van der Waals surface area contributed by atoms with Gasteiger partial charge in [0.25, 0.3) is 5.91 Å². The molecule has 0 saturated carbocycles. The van der Waals surface area contributed by atoms with E-state index in [9.17, 15) is 14.0 Å². The average Bonchev–Trinajstić information content (AvgIpc) is 2.67. The first-order valence-corrected chi connectivity index (χ1v) is 9.95. The number of anilines is 1. The molecule has 0 radical (unpaired) electrons. The molecule has 2 rings (SSSR count). The predicted molar refractivity (Wildman–Crippen MR) is 109 cm³/mol. The number of rotatable bonds is 9. The molecule has 2 aromatic carbocycles. The molecule has 0 atom stereocenters. The van der Waals surface area contributed by atoms with Crippen LogP contribution >= 0.6 is 11.8 Å². The summed E-state index contributed by atoms with van der Waals surface area (Å²) in [5.41, 5.74) is 1.27. The average molecular weight is 406 g/mol. The van der Waals surface area contributed by atoms with Crippen molar-refractivity contribution in [1.29, 1.82) is 0 Å². The number of amides is 2. The summed E-state index contributed by atoms with van der Waals surface area (Å²) in [5.74, 6) is 0.198. The number of hydrogen-bond donors (Lipinski definition) is 2. The lowest BCUT2D eigenvalue weighted by atomic mass is 10.1. The van der Waals surface area contributed by atoms with Crippen molar-refractivity contribution in [2.24, 2.45) is 0 Å². The van der Waals surface area contributed by atoms with Gasteiger partial charge in [-0.25, -0.2) is 4.39 Å². The molecule has 0 bridgehead atoms. The first-order chi connectivity index (χ1) is 13.5. The molecule has 0 spiro atoms. The van der Waals surface area contributed by atoms with Crippen LogP contribution in [-0.2, 0) is 11.2 Å². The van der Waals surface area contributed by atoms with Gasteiger partial charge in [-0.2, -0.15) is 11.8 Å². The van der Waals surface area contributed by atoms with Gasteiger partial charge in [0, 0.05) is 17.8 Å². The van der Waals surface area contributed by atoms with Crippen molar-refractivity contribution in [3.05, 3.63) is 53.3 Å². The Morgan fingerprint density at radius 3 is 2.61 bits per heavy atom. The lowest BCUT2D eigenvalue weighted by Gasteiger charge is -2.13. The number of hydrogen-bond acceptors (Lipinski definition) is 5. The molecule has 0 aliphatic rings. The Morgan fingerprint density at radius 2 is 1.93 bits per heavy atom. The van der Waals surface area contributed by atoms with Gasteiger partial charge in [-0.1, -0.05) is 12.1 Å². The van der Waals surface area contributed by atoms with Gasteiger partial charge in [0.1, 0.15) is 5.82 Å². The number of benzene rings is 2. The summed E-state index contributed by atoms with van der Waals surface area (Å²) in [4.78, 5) is 24.0. The predicted octanol–water partition coefficient (Wildman–Crippen LogP) is 3.12. The zero-order valence-electron chi connectivity index (χ0n) is 16.0. The van der Waals surface area contributed by atoms with Crippen molar-refractivity contribution >= 4 is 29.3 Å². The topological polar surface area (TPSA) is 76.7 Å². The molecule has 0 aliphatic heterocycles.